The van der Waals surface area contributed by atoms with E-state index in [0.29, 0.717) is 5.56 Å². The lowest BCUT2D eigenvalue weighted by atomic mass is 9.76. The number of hydrogen-bond acceptors (Lipinski definition) is 4. The Balaban J connectivity index is 1.03. The summed E-state index contributed by atoms with van der Waals surface area (Å²) in [4.78, 5) is 16.7. The van der Waals surface area contributed by atoms with Crippen molar-refractivity contribution in [2.45, 2.75) is 44.6 Å². The Morgan fingerprint density at radius 1 is 0.603 bits per heavy atom. The zero-order valence-electron chi connectivity index (χ0n) is 35.7. The van der Waals surface area contributed by atoms with Crippen molar-refractivity contribution in [1.29, 1.82) is 0 Å². The van der Waals surface area contributed by atoms with E-state index in [9.17, 15) is 10.1 Å². The van der Waals surface area contributed by atoms with Crippen LogP contribution < -0.4 is 9.80 Å². The van der Waals surface area contributed by atoms with Crippen molar-refractivity contribution >= 4 is 72.3 Å². The minimum atomic E-state index is -0.563. The van der Waals surface area contributed by atoms with E-state index >= 15 is 0 Å². The van der Waals surface area contributed by atoms with E-state index in [4.69, 9.17) is 0 Å². The summed E-state index contributed by atoms with van der Waals surface area (Å²) in [7, 11) is 0. The molecule has 2 aliphatic rings. The SMILES string of the molecule is CC(C)(C)c1ccc(N(c2ccc(N3c4ccc5ccccc5c4C4C=CC(c5ccccc5[N+](=O)[O-])=CC43C)cc2)c2ccc(-n3c4ccccc4c4ccccc43)cc2)cc1. The molecule has 9 aromatic rings. The lowest BCUT2D eigenvalue weighted by Crippen LogP contribution is -2.42. The van der Waals surface area contributed by atoms with Crippen molar-refractivity contribution in [2.24, 2.45) is 0 Å². The Morgan fingerprint density at radius 3 is 1.76 bits per heavy atom. The van der Waals surface area contributed by atoms with Crippen LogP contribution in [0.4, 0.5) is 34.1 Å². The maximum Gasteiger partial charge on any atom is 0.277 e. The first-order chi connectivity index (χ1) is 30.6. The third-order valence-corrected chi connectivity index (χ3v) is 13.2. The second-order valence-corrected chi connectivity index (χ2v) is 18.0. The summed E-state index contributed by atoms with van der Waals surface area (Å²) in [5.74, 6) is 0.00989. The molecular weight excluding hydrogens is 773 g/mol. The number of anilines is 5. The molecule has 1 aliphatic heterocycles. The van der Waals surface area contributed by atoms with E-state index in [-0.39, 0.29) is 21.9 Å². The number of nitro benzene ring substituents is 1. The average Bonchev–Trinajstić information content (AvgIpc) is 3.78. The van der Waals surface area contributed by atoms with Crippen molar-refractivity contribution in [3.05, 3.63) is 227 Å². The second kappa shape index (κ2) is 14.5. The molecule has 6 nitrogen and oxygen atoms in total. The molecule has 1 aliphatic carbocycles. The molecule has 0 radical (unpaired) electrons. The Morgan fingerprint density at radius 2 is 1.14 bits per heavy atom. The molecular formula is C57H46N4O2. The molecule has 306 valence electrons. The van der Waals surface area contributed by atoms with Gasteiger partial charge < -0.3 is 14.4 Å². The number of allylic oxidation sites excluding steroid dienone is 2. The van der Waals surface area contributed by atoms with E-state index in [1.807, 2.05) is 12.1 Å². The van der Waals surface area contributed by atoms with E-state index in [1.54, 1.807) is 12.1 Å². The topological polar surface area (TPSA) is 54.6 Å². The molecule has 0 spiro atoms. The number of nitrogens with zero attached hydrogens (tertiary/aromatic N) is 4. The van der Waals surface area contributed by atoms with Gasteiger partial charge in [0.05, 0.1) is 27.1 Å². The summed E-state index contributed by atoms with van der Waals surface area (Å²) >= 11 is 0. The maximum absolute atomic E-state index is 12.2. The summed E-state index contributed by atoms with van der Waals surface area (Å²) < 4.78 is 2.35. The quantitative estimate of drug-likeness (QED) is 0.119. The molecule has 0 fully saturated rings. The molecule has 11 rings (SSSR count). The van der Waals surface area contributed by atoms with Crippen molar-refractivity contribution in [3.8, 4) is 5.69 Å². The van der Waals surface area contributed by atoms with Crippen LogP contribution in [0.5, 0.6) is 0 Å². The average molecular weight is 819 g/mol. The van der Waals surface area contributed by atoms with Gasteiger partial charge in [-0.15, -0.1) is 0 Å². The Labute approximate surface area is 367 Å². The maximum atomic E-state index is 12.2. The van der Waals surface area contributed by atoms with Crippen LogP contribution in [0, 0.1) is 10.1 Å². The van der Waals surface area contributed by atoms with Gasteiger partial charge in [-0.3, -0.25) is 10.1 Å². The molecule has 0 saturated carbocycles. The third-order valence-electron chi connectivity index (χ3n) is 13.2. The van der Waals surface area contributed by atoms with Crippen LogP contribution >= 0.6 is 0 Å². The summed E-state index contributed by atoms with van der Waals surface area (Å²) in [6.45, 7) is 9.01. The van der Waals surface area contributed by atoms with E-state index in [0.717, 1.165) is 39.7 Å². The van der Waals surface area contributed by atoms with Crippen molar-refractivity contribution in [3.63, 3.8) is 0 Å². The predicted octanol–water partition coefficient (Wildman–Crippen LogP) is 15.3. The molecule has 0 N–H and O–H groups in total. The number of para-hydroxylation sites is 3. The standard InChI is InChI=1S/C57H46N4O2/c1-56(2,3)40-23-25-41(26-24-40)58(42-27-29-44(30-28-42)59-51-18-10-8-16-48(51)49-17-9-11-19-52(49)59)43-31-33-45(34-32-43)60-54-36-22-38-13-5-6-15-47(38)55(54)50-35-21-39(37-57(50,60)4)46-14-7-12-20-53(46)61(62)63/h5-37,50H,1-4H3. The first-order valence-electron chi connectivity index (χ1n) is 21.6. The van der Waals surface area contributed by atoms with Crippen molar-refractivity contribution in [2.75, 3.05) is 9.80 Å². The Kier molecular flexibility index (Phi) is 8.77. The number of benzene rings is 8. The largest absolute Gasteiger partial charge is 0.331 e. The highest BCUT2D eigenvalue weighted by Gasteiger charge is 2.49. The van der Waals surface area contributed by atoms with Crippen LogP contribution in [0.1, 0.15) is 50.3 Å². The van der Waals surface area contributed by atoms with Crippen LogP contribution in [0.2, 0.25) is 0 Å². The summed E-state index contributed by atoms with van der Waals surface area (Å²) in [6.07, 6.45) is 6.56. The molecule has 2 heterocycles. The fourth-order valence-electron chi connectivity index (χ4n) is 10.2. The highest BCUT2D eigenvalue weighted by Crippen LogP contribution is 2.57. The van der Waals surface area contributed by atoms with Gasteiger partial charge in [-0.1, -0.05) is 124 Å². The van der Waals surface area contributed by atoms with Crippen LogP contribution in [-0.4, -0.2) is 15.0 Å². The second-order valence-electron chi connectivity index (χ2n) is 18.0. The molecule has 0 saturated heterocycles. The van der Waals surface area contributed by atoms with Gasteiger partial charge in [-0.05, 0) is 131 Å². The number of nitro groups is 1. The molecule has 2 atom stereocenters. The van der Waals surface area contributed by atoms with Gasteiger partial charge in [-0.2, -0.15) is 0 Å². The molecule has 2 unspecified atom stereocenters. The summed E-state index contributed by atoms with van der Waals surface area (Å²) in [6, 6.07) is 64.0. The predicted molar refractivity (Wildman–Crippen MR) is 262 cm³/mol. The molecule has 6 heteroatoms. The van der Waals surface area contributed by atoms with Crippen molar-refractivity contribution < 1.29 is 4.92 Å². The minimum Gasteiger partial charge on any atom is -0.331 e. The zero-order chi connectivity index (χ0) is 43.0. The van der Waals surface area contributed by atoms with Gasteiger partial charge >= 0.3 is 0 Å². The van der Waals surface area contributed by atoms with Crippen molar-refractivity contribution in [1.82, 2.24) is 4.57 Å². The number of fused-ring (bicyclic) bond motifs is 8. The molecule has 0 amide bonds. The fraction of sp³-hybridized carbons (Fsp3) is 0.123. The van der Waals surface area contributed by atoms with Crippen LogP contribution in [0.25, 0.3) is 43.8 Å². The van der Waals surface area contributed by atoms with E-state index in [1.165, 1.54) is 43.7 Å². The van der Waals surface area contributed by atoms with E-state index in [2.05, 4.69) is 218 Å². The van der Waals surface area contributed by atoms with Gasteiger partial charge in [0.2, 0.25) is 0 Å². The fourth-order valence-corrected chi connectivity index (χ4v) is 10.2. The normalized spacial score (nSPS) is 16.9. The number of rotatable bonds is 7. The number of aromatic nitrogens is 1. The third kappa shape index (κ3) is 6.16. The van der Waals surface area contributed by atoms with Gasteiger partial charge in [0.1, 0.15) is 0 Å². The lowest BCUT2D eigenvalue weighted by Gasteiger charge is -2.40. The van der Waals surface area contributed by atoms with Crippen LogP contribution in [0.15, 0.2) is 200 Å². The van der Waals surface area contributed by atoms with Gasteiger partial charge in [0, 0.05) is 56.9 Å². The minimum absolute atomic E-state index is 0.00989. The monoisotopic (exact) mass is 818 g/mol. The molecule has 8 aromatic carbocycles. The van der Waals surface area contributed by atoms with Gasteiger partial charge in [-0.25, -0.2) is 0 Å². The number of hydrogen-bond donors (Lipinski definition) is 0. The van der Waals surface area contributed by atoms with Gasteiger partial charge in [0.25, 0.3) is 5.69 Å². The van der Waals surface area contributed by atoms with Crippen LogP contribution in [0.3, 0.4) is 0 Å². The van der Waals surface area contributed by atoms with Gasteiger partial charge in [0.15, 0.2) is 0 Å². The molecule has 1 aromatic heterocycles. The molecule has 0 bridgehead atoms. The van der Waals surface area contributed by atoms with Crippen LogP contribution in [-0.2, 0) is 5.41 Å². The smallest absolute Gasteiger partial charge is 0.277 e. The van der Waals surface area contributed by atoms with E-state index < -0.39 is 5.54 Å². The first-order valence-corrected chi connectivity index (χ1v) is 21.6. The zero-order valence-corrected chi connectivity index (χ0v) is 35.7. The lowest BCUT2D eigenvalue weighted by molar-refractivity contribution is -0.385. The molecule has 63 heavy (non-hydrogen) atoms. The Hall–Kier alpha value is -7.70. The highest BCUT2D eigenvalue weighted by atomic mass is 16.6. The highest BCUT2D eigenvalue weighted by molar-refractivity contribution is 6.09. The summed E-state index contributed by atoms with van der Waals surface area (Å²) in [5.41, 5.74) is 12.4. The first kappa shape index (κ1) is 38.2. The summed E-state index contributed by atoms with van der Waals surface area (Å²) in [5, 5.41) is 17.1. The Bertz CT molecular complexity index is 3260.